The van der Waals surface area contributed by atoms with E-state index in [0.717, 1.165) is 41.3 Å². The Morgan fingerprint density at radius 2 is 1.92 bits per heavy atom. The first-order valence-corrected chi connectivity index (χ1v) is 6.06. The van der Waals surface area contributed by atoms with E-state index in [4.69, 9.17) is 4.74 Å². The summed E-state index contributed by atoms with van der Waals surface area (Å²) in [6.07, 6.45) is 9.03. The molecule has 0 aromatic rings. The van der Waals surface area contributed by atoms with Crippen molar-refractivity contribution >= 4 is 0 Å². The molecule has 5 aliphatic rings. The second-order valence-corrected chi connectivity index (χ2v) is 6.15. The number of hydrogen-bond acceptors (Lipinski definition) is 1. The van der Waals surface area contributed by atoms with Gasteiger partial charge in [-0.2, -0.15) is 0 Å². The van der Waals surface area contributed by atoms with E-state index in [2.05, 4.69) is 0 Å². The second kappa shape index (κ2) is 1.60. The van der Waals surface area contributed by atoms with Crippen LogP contribution >= 0.6 is 0 Å². The minimum atomic E-state index is 0.721. The van der Waals surface area contributed by atoms with Crippen LogP contribution in [0.2, 0.25) is 0 Å². The van der Waals surface area contributed by atoms with Crippen LogP contribution in [0.15, 0.2) is 0 Å². The van der Waals surface area contributed by atoms with Crippen molar-refractivity contribution in [1.82, 2.24) is 0 Å². The van der Waals surface area contributed by atoms with Gasteiger partial charge in [0.1, 0.15) is 0 Å². The van der Waals surface area contributed by atoms with E-state index in [9.17, 15) is 0 Å². The summed E-state index contributed by atoms with van der Waals surface area (Å²) >= 11 is 0. The van der Waals surface area contributed by atoms with Gasteiger partial charge in [0.15, 0.2) is 0 Å². The largest absolute Gasteiger partial charge is 0.374 e. The number of rotatable bonds is 0. The predicted octanol–water partition coefficient (Wildman–Crippen LogP) is 2.21. The topological polar surface area (TPSA) is 9.23 Å². The van der Waals surface area contributed by atoms with Crippen LogP contribution in [0.4, 0.5) is 0 Å². The Kier molecular flexibility index (Phi) is 0.793. The summed E-state index contributed by atoms with van der Waals surface area (Å²) in [5.41, 5.74) is 0.851. The van der Waals surface area contributed by atoms with Crippen molar-refractivity contribution in [1.29, 1.82) is 0 Å². The van der Waals surface area contributed by atoms with E-state index in [-0.39, 0.29) is 0 Å². The van der Waals surface area contributed by atoms with Gasteiger partial charge in [0.2, 0.25) is 0 Å². The summed E-state index contributed by atoms with van der Waals surface area (Å²) in [6.45, 7) is 0. The maximum atomic E-state index is 6.21. The van der Waals surface area contributed by atoms with Crippen LogP contribution in [-0.4, -0.2) is 12.2 Å². The number of fused-ring (bicyclic) bond motifs is 1. The lowest BCUT2D eigenvalue weighted by Crippen LogP contribution is -2.38. The lowest BCUT2D eigenvalue weighted by atomic mass is 9.68. The van der Waals surface area contributed by atoms with Crippen LogP contribution in [0.25, 0.3) is 0 Å². The third-order valence-corrected chi connectivity index (χ3v) is 6.10. The van der Waals surface area contributed by atoms with Gasteiger partial charge in [-0.15, -0.1) is 0 Å². The van der Waals surface area contributed by atoms with Gasteiger partial charge in [-0.25, -0.2) is 0 Å². The van der Waals surface area contributed by atoms with E-state index >= 15 is 0 Å². The molecule has 5 bridgehead atoms. The smallest absolute Gasteiger partial charge is 0.0642 e. The minimum absolute atomic E-state index is 0.721. The van der Waals surface area contributed by atoms with E-state index < -0.39 is 0 Å². The molecule has 1 aliphatic heterocycles. The maximum Gasteiger partial charge on any atom is 0.0642 e. The molecule has 0 amide bonds. The van der Waals surface area contributed by atoms with Crippen LogP contribution in [0.5, 0.6) is 0 Å². The lowest BCUT2D eigenvalue weighted by Gasteiger charge is -2.38. The average Bonchev–Trinajstić information content (AvgIpc) is 2.63. The summed E-state index contributed by atoms with van der Waals surface area (Å²) in [4.78, 5) is 0. The SMILES string of the molecule is C1CC2C3OC4CC(C13)C1(CC1)C42. The van der Waals surface area contributed by atoms with Gasteiger partial charge in [0.25, 0.3) is 0 Å². The molecule has 5 fully saturated rings. The molecule has 0 aromatic carbocycles. The normalized spacial score (nSPS) is 68.3. The van der Waals surface area contributed by atoms with Crippen molar-refractivity contribution in [3.05, 3.63) is 0 Å². The van der Waals surface area contributed by atoms with Gasteiger partial charge < -0.3 is 4.74 Å². The molecule has 4 saturated carbocycles. The maximum absolute atomic E-state index is 6.21. The number of ether oxygens (including phenoxy) is 1. The Hall–Kier alpha value is -0.0400. The zero-order chi connectivity index (χ0) is 8.21. The Labute approximate surface area is 78.8 Å². The van der Waals surface area contributed by atoms with Crippen LogP contribution < -0.4 is 0 Å². The summed E-state index contributed by atoms with van der Waals surface area (Å²) in [5, 5.41) is 0. The average molecular weight is 176 g/mol. The minimum Gasteiger partial charge on any atom is -0.374 e. The molecular formula is C12H16O. The molecule has 1 heterocycles. The van der Waals surface area contributed by atoms with Crippen LogP contribution in [-0.2, 0) is 4.74 Å². The number of hydrogen-bond donors (Lipinski definition) is 0. The molecule has 1 heteroatoms. The summed E-state index contributed by atoms with van der Waals surface area (Å²) in [7, 11) is 0. The fourth-order valence-corrected chi connectivity index (χ4v) is 5.79. The van der Waals surface area contributed by atoms with Gasteiger partial charge >= 0.3 is 0 Å². The highest BCUT2D eigenvalue weighted by Gasteiger charge is 2.76. The van der Waals surface area contributed by atoms with Crippen molar-refractivity contribution in [3.8, 4) is 0 Å². The molecule has 6 unspecified atom stereocenters. The van der Waals surface area contributed by atoms with E-state index in [0.29, 0.717) is 0 Å². The summed E-state index contributed by atoms with van der Waals surface area (Å²) < 4.78 is 6.21. The van der Waals surface area contributed by atoms with Crippen molar-refractivity contribution in [2.45, 2.75) is 44.3 Å². The second-order valence-electron chi connectivity index (χ2n) is 6.15. The molecule has 0 radical (unpaired) electrons. The molecule has 4 aliphatic carbocycles. The fraction of sp³-hybridized carbons (Fsp3) is 1.00. The Morgan fingerprint density at radius 3 is 2.77 bits per heavy atom. The zero-order valence-electron chi connectivity index (χ0n) is 7.91. The van der Waals surface area contributed by atoms with Crippen molar-refractivity contribution in [2.75, 3.05) is 0 Å². The van der Waals surface area contributed by atoms with Crippen LogP contribution in [0, 0.1) is 29.1 Å². The van der Waals surface area contributed by atoms with Gasteiger partial charge in [-0.05, 0) is 61.2 Å². The molecule has 6 atom stereocenters. The third kappa shape index (κ3) is 0.475. The standard InChI is InChI=1S/C12H16O/c1-2-7-10-9-5-8(12(10)3-4-12)6(1)11(7)13-9/h6-11H,1-5H2. The van der Waals surface area contributed by atoms with Crippen molar-refractivity contribution in [3.63, 3.8) is 0 Å². The summed E-state index contributed by atoms with van der Waals surface area (Å²) in [5.74, 6) is 4.15. The first-order chi connectivity index (χ1) is 6.40. The summed E-state index contributed by atoms with van der Waals surface area (Å²) in [6, 6.07) is 0. The van der Waals surface area contributed by atoms with E-state index in [1.807, 2.05) is 0 Å². The van der Waals surface area contributed by atoms with Crippen LogP contribution in [0.1, 0.15) is 32.1 Å². The zero-order valence-corrected chi connectivity index (χ0v) is 7.91. The van der Waals surface area contributed by atoms with Crippen molar-refractivity contribution < 1.29 is 4.74 Å². The highest BCUT2D eigenvalue weighted by atomic mass is 16.5. The fourth-order valence-electron chi connectivity index (χ4n) is 5.79. The predicted molar refractivity (Wildman–Crippen MR) is 48.1 cm³/mol. The van der Waals surface area contributed by atoms with Gasteiger partial charge in [-0.1, -0.05) is 0 Å². The quantitative estimate of drug-likeness (QED) is 0.550. The lowest BCUT2D eigenvalue weighted by molar-refractivity contribution is -0.0497. The Balaban J connectivity index is 1.78. The Bertz CT molecular complexity index is 287. The van der Waals surface area contributed by atoms with Crippen molar-refractivity contribution in [2.24, 2.45) is 29.1 Å². The molecule has 13 heavy (non-hydrogen) atoms. The van der Waals surface area contributed by atoms with E-state index in [1.165, 1.54) is 19.3 Å². The molecule has 1 nitrogen and oxygen atoms in total. The molecule has 5 rings (SSSR count). The monoisotopic (exact) mass is 176 g/mol. The van der Waals surface area contributed by atoms with Gasteiger partial charge in [0.05, 0.1) is 12.2 Å². The Morgan fingerprint density at radius 1 is 1.08 bits per heavy atom. The first-order valence-electron chi connectivity index (χ1n) is 6.06. The van der Waals surface area contributed by atoms with Gasteiger partial charge in [0, 0.05) is 0 Å². The molecule has 1 spiro atoms. The highest BCUT2D eigenvalue weighted by Crippen LogP contribution is 2.78. The molecule has 0 aromatic heterocycles. The molecular weight excluding hydrogens is 160 g/mol. The highest BCUT2D eigenvalue weighted by molar-refractivity contribution is 5.24. The third-order valence-electron chi connectivity index (χ3n) is 6.10. The van der Waals surface area contributed by atoms with Gasteiger partial charge in [-0.3, -0.25) is 0 Å². The molecule has 1 saturated heterocycles. The molecule has 70 valence electrons. The first kappa shape index (κ1) is 6.44. The van der Waals surface area contributed by atoms with Crippen LogP contribution in [0.3, 0.4) is 0 Å². The molecule has 0 N–H and O–H groups in total. The van der Waals surface area contributed by atoms with E-state index in [1.54, 1.807) is 12.8 Å².